The molecule has 8 aromatic rings. The SMILES string of the molecule is CN(C)CCN(C)Cc1ccc(-c2cccc(-n3c(=O)n(C4CCC(NC(=O)C5(N(C)C)CC5)CC4)c(=O)c4cc(F)cnc43)c2)cc1.CN(C)CCN(C)Cc1ccc(-c2cccc(-n3c(=O)n(C4CCC(NC(=O)C5(N(C)C)CC5)CC4)c(=O)c4cc(F)cnc43)c2)cc1. The van der Waals surface area contributed by atoms with Gasteiger partial charge in [-0.05, 0) is 217 Å². The van der Waals surface area contributed by atoms with Gasteiger partial charge in [0.2, 0.25) is 11.8 Å². The standard InChI is InChI=1S/2C37H46FN7O3/c2*1-41(2)19-20-43(5)24-25-9-11-26(12-10-25)27-7-6-8-31(21-27)44-33-32(22-28(38)23-39-33)34(46)45(36(44)48)30-15-13-29(14-16-30)40-35(47)37(17-18-37)42(3)4/h2*6-12,21-23,29-30H,13-20,24H2,1-5H3,(H,40,47). The van der Waals surface area contributed by atoms with Gasteiger partial charge in [-0.15, -0.1) is 0 Å². The smallest absolute Gasteiger partial charge is 0.337 e. The van der Waals surface area contributed by atoms with E-state index in [2.05, 4.69) is 131 Å². The molecule has 4 aromatic heterocycles. The van der Waals surface area contributed by atoms with Crippen LogP contribution in [-0.4, -0.2) is 189 Å². The Hall–Kier alpha value is -8.38. The molecule has 22 heteroatoms. The topological polar surface area (TPSA) is 191 Å². The highest BCUT2D eigenvalue weighted by molar-refractivity contribution is 5.90. The van der Waals surface area contributed by atoms with E-state index < -0.39 is 45.2 Å². The molecule has 4 saturated carbocycles. The summed E-state index contributed by atoms with van der Waals surface area (Å²) in [5.41, 5.74) is 4.59. The van der Waals surface area contributed by atoms with Crippen molar-refractivity contribution in [3.05, 3.63) is 186 Å². The monoisotopic (exact) mass is 1310 g/mol. The number of benzene rings is 4. The first-order chi connectivity index (χ1) is 45.9. The summed E-state index contributed by atoms with van der Waals surface area (Å²) in [6.07, 6.45) is 10.2. The Morgan fingerprint density at radius 1 is 0.469 bits per heavy atom. The molecule has 0 spiro atoms. The van der Waals surface area contributed by atoms with E-state index in [9.17, 15) is 37.5 Å². The number of rotatable bonds is 22. The summed E-state index contributed by atoms with van der Waals surface area (Å²) in [7, 11) is 20.2. The number of pyridine rings is 2. The predicted octanol–water partition coefficient (Wildman–Crippen LogP) is 8.08. The molecule has 20 nitrogen and oxygen atoms in total. The summed E-state index contributed by atoms with van der Waals surface area (Å²) in [5.74, 6) is -1.19. The minimum atomic E-state index is -0.640. The van der Waals surface area contributed by atoms with Crippen molar-refractivity contribution in [1.29, 1.82) is 0 Å². The van der Waals surface area contributed by atoms with E-state index in [0.29, 0.717) is 62.7 Å². The van der Waals surface area contributed by atoms with Crippen molar-refractivity contribution in [2.45, 2.75) is 125 Å². The minimum absolute atomic E-state index is 0.0230. The number of amides is 2. The molecule has 508 valence electrons. The van der Waals surface area contributed by atoms with Gasteiger partial charge in [0.25, 0.3) is 11.1 Å². The van der Waals surface area contributed by atoms with Gasteiger partial charge >= 0.3 is 11.4 Å². The van der Waals surface area contributed by atoms with Gasteiger partial charge in [0, 0.05) is 63.4 Å². The molecule has 4 fully saturated rings. The molecule has 0 unspecified atom stereocenters. The number of fused-ring (bicyclic) bond motifs is 2. The fourth-order valence-electron chi connectivity index (χ4n) is 13.8. The van der Waals surface area contributed by atoms with Crippen LogP contribution in [0.5, 0.6) is 0 Å². The van der Waals surface area contributed by atoms with E-state index in [1.807, 2.05) is 86.5 Å². The number of halogens is 2. The normalized spacial score (nSPS) is 18.9. The Balaban J connectivity index is 0.000000195. The van der Waals surface area contributed by atoms with E-state index >= 15 is 0 Å². The lowest BCUT2D eigenvalue weighted by Crippen LogP contribution is -2.50. The van der Waals surface area contributed by atoms with Gasteiger partial charge in [-0.2, -0.15) is 0 Å². The van der Waals surface area contributed by atoms with Gasteiger partial charge in [0.05, 0.1) is 45.6 Å². The first-order valence-corrected chi connectivity index (χ1v) is 33.6. The molecule has 4 aliphatic rings. The number of carbonyl (C=O) groups is 2. The van der Waals surface area contributed by atoms with E-state index in [4.69, 9.17) is 0 Å². The van der Waals surface area contributed by atoms with Crippen molar-refractivity contribution in [3.8, 4) is 33.6 Å². The molecular formula is C74H92F2N14O6. The van der Waals surface area contributed by atoms with Gasteiger partial charge in [0.15, 0.2) is 11.3 Å². The molecular weight excluding hydrogens is 1220 g/mol. The molecule has 0 saturated heterocycles. The summed E-state index contributed by atoms with van der Waals surface area (Å²) in [5, 5.41) is 6.53. The number of likely N-dealkylation sites (N-methyl/N-ethyl adjacent to an activating group) is 6. The van der Waals surface area contributed by atoms with Crippen molar-refractivity contribution in [3.63, 3.8) is 0 Å². The third kappa shape index (κ3) is 15.1. The van der Waals surface area contributed by atoms with Crippen LogP contribution in [0, 0.1) is 11.6 Å². The molecule has 0 radical (unpaired) electrons. The van der Waals surface area contributed by atoms with Crippen LogP contribution in [0.2, 0.25) is 0 Å². The number of nitrogens with one attached hydrogen (secondary N) is 2. The summed E-state index contributed by atoms with van der Waals surface area (Å²) >= 11 is 0. The molecule has 0 atom stereocenters. The van der Waals surface area contributed by atoms with Crippen LogP contribution in [0.25, 0.3) is 55.7 Å². The van der Waals surface area contributed by atoms with Gasteiger partial charge < -0.3 is 30.2 Å². The van der Waals surface area contributed by atoms with Crippen molar-refractivity contribution in [1.82, 2.24) is 68.3 Å². The zero-order chi connectivity index (χ0) is 68.3. The van der Waals surface area contributed by atoms with Crippen LogP contribution >= 0.6 is 0 Å². The van der Waals surface area contributed by atoms with Crippen molar-refractivity contribution < 1.29 is 18.4 Å². The Labute approximate surface area is 559 Å². The largest absolute Gasteiger partial charge is 0.352 e. The second kappa shape index (κ2) is 29.1. The second-order valence-corrected chi connectivity index (χ2v) is 28.0. The number of nitrogens with zero attached hydrogens (tertiary/aromatic N) is 12. The lowest BCUT2D eigenvalue weighted by molar-refractivity contribution is -0.128. The van der Waals surface area contributed by atoms with Gasteiger partial charge in [-0.25, -0.2) is 37.5 Å². The Morgan fingerprint density at radius 2 is 0.823 bits per heavy atom. The van der Waals surface area contributed by atoms with E-state index in [0.717, 1.165) is 112 Å². The average molecular weight is 1310 g/mol. The maximum absolute atomic E-state index is 14.5. The van der Waals surface area contributed by atoms with Crippen LogP contribution in [-0.2, 0) is 22.7 Å². The van der Waals surface area contributed by atoms with Gasteiger partial charge in [0.1, 0.15) is 11.6 Å². The third-order valence-corrected chi connectivity index (χ3v) is 20.1. The summed E-state index contributed by atoms with van der Waals surface area (Å²) in [6.45, 7) is 5.58. The lowest BCUT2D eigenvalue weighted by Gasteiger charge is -2.32. The lowest BCUT2D eigenvalue weighted by atomic mass is 9.90. The summed E-state index contributed by atoms with van der Waals surface area (Å²) in [6, 6.07) is 33.4. The maximum atomic E-state index is 14.5. The molecule has 96 heavy (non-hydrogen) atoms. The first kappa shape index (κ1) is 69.0. The minimum Gasteiger partial charge on any atom is -0.352 e. The number of hydrogen-bond donors (Lipinski definition) is 2. The van der Waals surface area contributed by atoms with Crippen LogP contribution in [0.3, 0.4) is 0 Å². The fraction of sp³-hybridized carbons (Fsp3) is 0.459. The Bertz CT molecular complexity index is 4090. The van der Waals surface area contributed by atoms with Crippen LogP contribution in [0.15, 0.2) is 141 Å². The zero-order valence-corrected chi connectivity index (χ0v) is 57.2. The molecule has 2 amide bonds. The average Bonchev–Trinajstić information content (AvgIpc) is 1.13. The van der Waals surface area contributed by atoms with E-state index in [-0.39, 0.29) is 58.0 Å². The van der Waals surface area contributed by atoms with Gasteiger partial charge in [-0.1, -0.05) is 72.8 Å². The molecule has 4 aromatic carbocycles. The quantitative estimate of drug-likeness (QED) is 0.0662. The molecule has 0 aliphatic heterocycles. The molecule has 12 rings (SSSR count). The molecule has 4 aliphatic carbocycles. The number of carbonyl (C=O) groups excluding carboxylic acids is 2. The third-order valence-electron chi connectivity index (χ3n) is 20.1. The number of hydrogen-bond acceptors (Lipinski definition) is 14. The highest BCUT2D eigenvalue weighted by Gasteiger charge is 2.53. The van der Waals surface area contributed by atoms with Crippen molar-refractivity contribution in [2.24, 2.45) is 0 Å². The predicted molar refractivity (Wildman–Crippen MR) is 374 cm³/mol. The Morgan fingerprint density at radius 3 is 1.15 bits per heavy atom. The fourth-order valence-corrected chi connectivity index (χ4v) is 13.8. The molecule has 2 N–H and O–H groups in total. The highest BCUT2D eigenvalue weighted by Crippen LogP contribution is 2.42. The van der Waals surface area contributed by atoms with Crippen LogP contribution in [0.4, 0.5) is 8.78 Å². The van der Waals surface area contributed by atoms with Crippen LogP contribution < -0.4 is 33.1 Å². The van der Waals surface area contributed by atoms with E-state index in [1.165, 1.54) is 29.4 Å². The summed E-state index contributed by atoms with van der Waals surface area (Å²) < 4.78 is 34.4. The zero-order valence-electron chi connectivity index (χ0n) is 57.2. The van der Waals surface area contributed by atoms with Crippen molar-refractivity contribution in [2.75, 3.05) is 96.7 Å². The molecule has 0 bridgehead atoms. The first-order valence-electron chi connectivity index (χ1n) is 33.6. The van der Waals surface area contributed by atoms with Crippen LogP contribution in [0.1, 0.15) is 100 Å². The second-order valence-electron chi connectivity index (χ2n) is 28.0. The number of aromatic nitrogens is 6. The Kier molecular flexibility index (Phi) is 20.9. The van der Waals surface area contributed by atoms with Gasteiger partial charge in [-0.3, -0.25) is 38.1 Å². The maximum Gasteiger partial charge on any atom is 0.337 e. The van der Waals surface area contributed by atoms with Crippen molar-refractivity contribution >= 4 is 33.9 Å². The van der Waals surface area contributed by atoms with E-state index in [1.54, 1.807) is 0 Å². The summed E-state index contributed by atoms with van der Waals surface area (Å²) in [4.78, 5) is 103. The molecule has 4 heterocycles. The highest BCUT2D eigenvalue weighted by atomic mass is 19.1.